The van der Waals surface area contributed by atoms with E-state index in [2.05, 4.69) is 5.32 Å². The molecule has 9 heteroatoms. The van der Waals surface area contributed by atoms with E-state index < -0.39 is 21.5 Å². The zero-order valence-corrected chi connectivity index (χ0v) is 17.0. The van der Waals surface area contributed by atoms with E-state index >= 15 is 0 Å². The first-order valence-corrected chi connectivity index (χ1v) is 10.7. The summed E-state index contributed by atoms with van der Waals surface area (Å²) in [4.78, 5) is 12.8. The van der Waals surface area contributed by atoms with Crippen LogP contribution in [0.15, 0.2) is 48.5 Å². The van der Waals surface area contributed by atoms with Gasteiger partial charge in [-0.2, -0.15) is 12.7 Å². The first-order valence-electron chi connectivity index (χ1n) is 9.24. The summed E-state index contributed by atoms with van der Waals surface area (Å²) in [6.45, 7) is 0.818. The Balaban J connectivity index is 1.84. The molecule has 2 aromatic rings. The zero-order chi connectivity index (χ0) is 21.1. The first-order chi connectivity index (χ1) is 13.8. The van der Waals surface area contributed by atoms with E-state index in [0.717, 1.165) is 5.56 Å². The lowest BCUT2D eigenvalue weighted by molar-refractivity contribution is 0.0927. The van der Waals surface area contributed by atoms with Crippen LogP contribution in [0.1, 0.15) is 28.8 Å². The number of amides is 1. The van der Waals surface area contributed by atoms with Crippen molar-refractivity contribution in [1.82, 2.24) is 9.62 Å². The third-order valence-electron chi connectivity index (χ3n) is 5.46. The monoisotopic (exact) mass is 419 g/mol. The maximum absolute atomic E-state index is 12.8. The van der Waals surface area contributed by atoms with Gasteiger partial charge in [-0.05, 0) is 30.5 Å². The van der Waals surface area contributed by atoms with Crippen molar-refractivity contribution in [2.75, 3.05) is 26.7 Å². The van der Waals surface area contributed by atoms with E-state index in [9.17, 15) is 18.3 Å². The number of nitrogens with zero attached hydrogens (tertiary/aromatic N) is 1. The quantitative estimate of drug-likeness (QED) is 0.653. The molecule has 0 bridgehead atoms. The van der Waals surface area contributed by atoms with Crippen molar-refractivity contribution in [3.8, 4) is 11.5 Å². The molecule has 8 nitrogen and oxygen atoms in total. The van der Waals surface area contributed by atoms with Gasteiger partial charge in [-0.25, -0.2) is 5.14 Å². The highest BCUT2D eigenvalue weighted by Gasteiger charge is 2.39. The summed E-state index contributed by atoms with van der Waals surface area (Å²) >= 11 is 0. The molecule has 0 unspecified atom stereocenters. The molecule has 1 fully saturated rings. The Morgan fingerprint density at radius 3 is 2.41 bits per heavy atom. The summed E-state index contributed by atoms with van der Waals surface area (Å²) in [5, 5.41) is 18.3. The van der Waals surface area contributed by atoms with Gasteiger partial charge in [-0.3, -0.25) is 4.79 Å². The topological polar surface area (TPSA) is 122 Å². The van der Waals surface area contributed by atoms with Crippen LogP contribution in [0, 0.1) is 0 Å². The fourth-order valence-electron chi connectivity index (χ4n) is 3.78. The van der Waals surface area contributed by atoms with Crippen molar-refractivity contribution in [3.05, 3.63) is 59.7 Å². The SMILES string of the molecule is COc1cccc(O)c1C(=O)NCC1(c2ccccc2)CCN(S(N)(=O)=O)CC1. The minimum atomic E-state index is -3.75. The molecule has 0 aromatic heterocycles. The number of rotatable bonds is 6. The second-order valence-electron chi connectivity index (χ2n) is 7.13. The number of nitrogens with one attached hydrogen (secondary N) is 1. The molecular weight excluding hydrogens is 394 g/mol. The Labute approximate surface area is 170 Å². The van der Waals surface area contributed by atoms with Crippen LogP contribution in [0.5, 0.6) is 11.5 Å². The van der Waals surface area contributed by atoms with Gasteiger partial charge in [-0.1, -0.05) is 36.4 Å². The van der Waals surface area contributed by atoms with Gasteiger partial charge in [0, 0.05) is 25.0 Å². The molecule has 0 spiro atoms. The molecule has 156 valence electrons. The average molecular weight is 420 g/mol. The third-order valence-corrected chi connectivity index (χ3v) is 6.55. The van der Waals surface area contributed by atoms with E-state index in [1.807, 2.05) is 30.3 Å². The number of phenolic OH excluding ortho intramolecular Hbond substituents is 1. The second kappa shape index (κ2) is 8.40. The molecule has 3 rings (SSSR count). The van der Waals surface area contributed by atoms with E-state index in [-0.39, 0.29) is 36.7 Å². The Morgan fingerprint density at radius 1 is 1.17 bits per heavy atom. The zero-order valence-electron chi connectivity index (χ0n) is 16.2. The molecule has 2 aromatic carbocycles. The van der Waals surface area contributed by atoms with Crippen molar-refractivity contribution < 1.29 is 23.1 Å². The number of benzene rings is 2. The molecule has 0 radical (unpaired) electrons. The number of carbonyl (C=O) groups is 1. The lowest BCUT2D eigenvalue weighted by Gasteiger charge is -2.41. The van der Waals surface area contributed by atoms with E-state index in [0.29, 0.717) is 12.8 Å². The molecule has 1 heterocycles. The van der Waals surface area contributed by atoms with Crippen LogP contribution in [0.2, 0.25) is 0 Å². The molecular formula is C20H25N3O5S. The summed E-state index contributed by atoms with van der Waals surface area (Å²) < 4.78 is 29.8. The minimum Gasteiger partial charge on any atom is -0.507 e. The van der Waals surface area contributed by atoms with Crippen LogP contribution < -0.4 is 15.2 Å². The van der Waals surface area contributed by atoms with Crippen LogP contribution in [0.4, 0.5) is 0 Å². The largest absolute Gasteiger partial charge is 0.507 e. The highest BCUT2D eigenvalue weighted by molar-refractivity contribution is 7.86. The van der Waals surface area contributed by atoms with Gasteiger partial charge in [-0.15, -0.1) is 0 Å². The Hall–Kier alpha value is -2.62. The van der Waals surface area contributed by atoms with Crippen LogP contribution in [-0.2, 0) is 15.6 Å². The predicted octanol–water partition coefficient (Wildman–Crippen LogP) is 1.37. The second-order valence-corrected chi connectivity index (χ2v) is 8.67. The number of methoxy groups -OCH3 is 1. The number of piperidine rings is 1. The van der Waals surface area contributed by atoms with Gasteiger partial charge < -0.3 is 15.2 Å². The van der Waals surface area contributed by atoms with Gasteiger partial charge in [0.15, 0.2) is 0 Å². The molecule has 4 N–H and O–H groups in total. The highest BCUT2D eigenvalue weighted by atomic mass is 32.2. The molecule has 1 aliphatic heterocycles. The van der Waals surface area contributed by atoms with E-state index in [4.69, 9.17) is 9.88 Å². The van der Waals surface area contributed by atoms with Crippen LogP contribution >= 0.6 is 0 Å². The van der Waals surface area contributed by atoms with Crippen molar-refractivity contribution in [3.63, 3.8) is 0 Å². The van der Waals surface area contributed by atoms with Crippen LogP contribution in [0.3, 0.4) is 0 Å². The summed E-state index contributed by atoms with van der Waals surface area (Å²) in [7, 11) is -2.32. The standard InChI is InChI=1S/C20H25N3O5S/c1-28-17-9-5-8-16(24)18(17)19(25)22-14-20(15-6-3-2-4-7-15)10-12-23(13-11-20)29(21,26)27/h2-9,24H,10-14H2,1H3,(H,22,25)(H2,21,26,27). The first kappa shape index (κ1) is 21.1. The molecule has 29 heavy (non-hydrogen) atoms. The molecule has 1 aliphatic rings. The lowest BCUT2D eigenvalue weighted by atomic mass is 9.73. The lowest BCUT2D eigenvalue weighted by Crippen LogP contribution is -2.51. The predicted molar refractivity (Wildman–Crippen MR) is 109 cm³/mol. The highest BCUT2D eigenvalue weighted by Crippen LogP contribution is 2.36. The van der Waals surface area contributed by atoms with Crippen LogP contribution in [-0.4, -0.2) is 50.5 Å². The summed E-state index contributed by atoms with van der Waals surface area (Å²) in [6, 6.07) is 14.3. The molecule has 0 aliphatic carbocycles. The number of hydrogen-bond acceptors (Lipinski definition) is 5. The third kappa shape index (κ3) is 4.52. The number of nitrogens with two attached hydrogens (primary N) is 1. The molecule has 0 saturated carbocycles. The normalized spacial score (nSPS) is 16.9. The minimum absolute atomic E-state index is 0.0696. The fourth-order valence-corrected chi connectivity index (χ4v) is 4.48. The van der Waals surface area contributed by atoms with Gasteiger partial charge in [0.1, 0.15) is 17.1 Å². The summed E-state index contributed by atoms with van der Waals surface area (Å²) in [5.74, 6) is -0.343. The number of phenols is 1. The van der Waals surface area contributed by atoms with Crippen molar-refractivity contribution in [1.29, 1.82) is 0 Å². The molecule has 0 atom stereocenters. The maximum Gasteiger partial charge on any atom is 0.276 e. The Kier molecular flexibility index (Phi) is 6.11. The van der Waals surface area contributed by atoms with Crippen molar-refractivity contribution in [2.24, 2.45) is 5.14 Å². The summed E-state index contributed by atoms with van der Waals surface area (Å²) in [5.41, 5.74) is 0.634. The van der Waals surface area contributed by atoms with Crippen LogP contribution in [0.25, 0.3) is 0 Å². The Morgan fingerprint density at radius 2 is 1.83 bits per heavy atom. The smallest absolute Gasteiger partial charge is 0.276 e. The van der Waals surface area contributed by atoms with Gasteiger partial charge >= 0.3 is 0 Å². The van der Waals surface area contributed by atoms with Gasteiger partial charge in [0.2, 0.25) is 0 Å². The van der Waals surface area contributed by atoms with E-state index in [1.54, 1.807) is 12.1 Å². The average Bonchev–Trinajstić information content (AvgIpc) is 2.72. The summed E-state index contributed by atoms with van der Waals surface area (Å²) in [6.07, 6.45) is 1.01. The molecule has 1 saturated heterocycles. The maximum atomic E-state index is 12.8. The molecule has 1 amide bonds. The number of carbonyl (C=O) groups excluding carboxylic acids is 1. The number of hydrogen-bond donors (Lipinski definition) is 3. The van der Waals surface area contributed by atoms with Crippen molar-refractivity contribution >= 4 is 16.1 Å². The Bertz CT molecular complexity index is 971. The van der Waals surface area contributed by atoms with Crippen molar-refractivity contribution in [2.45, 2.75) is 18.3 Å². The van der Waals surface area contributed by atoms with E-state index in [1.165, 1.54) is 17.5 Å². The fraction of sp³-hybridized carbons (Fsp3) is 0.350. The van der Waals surface area contributed by atoms with Gasteiger partial charge in [0.05, 0.1) is 7.11 Å². The number of aromatic hydroxyl groups is 1. The number of ether oxygens (including phenoxy) is 1. The van der Waals surface area contributed by atoms with Gasteiger partial charge in [0.25, 0.3) is 16.1 Å².